The number of amides is 2. The van der Waals surface area contributed by atoms with Crippen molar-refractivity contribution in [1.82, 2.24) is 14.8 Å². The second-order valence-electron chi connectivity index (χ2n) is 8.17. The summed E-state index contributed by atoms with van der Waals surface area (Å²) in [5, 5.41) is 0.785. The molecule has 2 bridgehead atoms. The van der Waals surface area contributed by atoms with E-state index in [1.165, 1.54) is 6.07 Å². The molecule has 3 atom stereocenters. The Morgan fingerprint density at radius 3 is 2.85 bits per heavy atom. The van der Waals surface area contributed by atoms with Crippen LogP contribution < -0.4 is 5.56 Å². The summed E-state index contributed by atoms with van der Waals surface area (Å²) in [7, 11) is 0. The number of rotatable bonds is 1. The minimum atomic E-state index is -0.252. The van der Waals surface area contributed by atoms with Gasteiger partial charge in [0.05, 0.1) is 5.56 Å². The van der Waals surface area contributed by atoms with E-state index in [1.54, 1.807) is 0 Å². The second kappa shape index (κ2) is 6.22. The van der Waals surface area contributed by atoms with Crippen LogP contribution in [0, 0.1) is 11.8 Å². The first kappa shape index (κ1) is 16.5. The highest BCUT2D eigenvalue weighted by atomic mass is 16.2. The van der Waals surface area contributed by atoms with Crippen LogP contribution in [0.25, 0.3) is 10.9 Å². The maximum Gasteiger partial charge on any atom is 0.254 e. The predicted molar refractivity (Wildman–Crippen MR) is 101 cm³/mol. The Hall–Kier alpha value is -2.63. The summed E-state index contributed by atoms with van der Waals surface area (Å²) in [5.74, 6) is 0.891. The Morgan fingerprint density at radius 2 is 1.96 bits per heavy atom. The number of pyridine rings is 1. The van der Waals surface area contributed by atoms with Gasteiger partial charge in [0.1, 0.15) is 0 Å². The third-order valence-corrected chi connectivity index (χ3v) is 6.45. The van der Waals surface area contributed by atoms with Gasteiger partial charge in [-0.15, -0.1) is 0 Å². The number of aromatic nitrogens is 1. The molecular formula is C21H23N3O3. The summed E-state index contributed by atoms with van der Waals surface area (Å²) in [6.07, 6.45) is 3.75. The number of para-hydroxylation sites is 1. The summed E-state index contributed by atoms with van der Waals surface area (Å²) in [6.45, 7) is 2.10. The molecule has 1 unspecified atom stereocenters. The number of aromatic amines is 1. The maximum atomic E-state index is 13.3. The molecule has 3 fully saturated rings. The molecule has 1 aromatic heterocycles. The first-order valence-electron chi connectivity index (χ1n) is 9.81. The zero-order valence-electron chi connectivity index (χ0n) is 15.2. The molecule has 0 aliphatic carbocycles. The van der Waals surface area contributed by atoms with E-state index < -0.39 is 0 Å². The van der Waals surface area contributed by atoms with Gasteiger partial charge in [-0.1, -0.05) is 18.2 Å². The molecule has 6 nitrogen and oxygen atoms in total. The van der Waals surface area contributed by atoms with Gasteiger partial charge in [0.25, 0.3) is 5.91 Å². The monoisotopic (exact) mass is 365 g/mol. The second-order valence-corrected chi connectivity index (χ2v) is 8.17. The van der Waals surface area contributed by atoms with Crippen molar-refractivity contribution in [3.05, 3.63) is 46.2 Å². The molecule has 1 aromatic carbocycles. The van der Waals surface area contributed by atoms with Crippen molar-refractivity contribution in [2.75, 3.05) is 19.6 Å². The quantitative estimate of drug-likeness (QED) is 0.840. The lowest BCUT2D eigenvalue weighted by Gasteiger charge is -2.52. The summed E-state index contributed by atoms with van der Waals surface area (Å²) in [4.78, 5) is 44.4. The highest BCUT2D eigenvalue weighted by Crippen LogP contribution is 2.38. The highest BCUT2D eigenvalue weighted by Gasteiger charge is 2.44. The Morgan fingerprint density at radius 1 is 1.11 bits per heavy atom. The number of fused-ring (bicyclic) bond motifs is 5. The first-order chi connectivity index (χ1) is 13.1. The number of H-pyrrole nitrogens is 1. The predicted octanol–water partition coefficient (Wildman–Crippen LogP) is 2.00. The van der Waals surface area contributed by atoms with Gasteiger partial charge in [0.2, 0.25) is 11.5 Å². The van der Waals surface area contributed by atoms with Crippen molar-refractivity contribution < 1.29 is 9.59 Å². The third kappa shape index (κ3) is 2.74. The SMILES string of the molecule is O=C(c1cc(=O)[nH]c2ccccc12)N1C[C@H]2C[C@@H](C1)C1CCCC(=O)N1C2. The molecule has 140 valence electrons. The van der Waals surface area contributed by atoms with Crippen molar-refractivity contribution in [3.8, 4) is 0 Å². The van der Waals surface area contributed by atoms with Gasteiger partial charge in [-0.2, -0.15) is 0 Å². The fourth-order valence-electron chi connectivity index (χ4n) is 5.33. The zero-order valence-corrected chi connectivity index (χ0v) is 15.2. The van der Waals surface area contributed by atoms with Crippen LogP contribution >= 0.6 is 0 Å². The van der Waals surface area contributed by atoms with Crippen molar-refractivity contribution in [1.29, 1.82) is 0 Å². The maximum absolute atomic E-state index is 13.3. The van der Waals surface area contributed by atoms with Crippen LogP contribution in [-0.2, 0) is 4.79 Å². The number of piperidine rings is 3. The average molecular weight is 365 g/mol. The molecule has 2 amide bonds. The van der Waals surface area contributed by atoms with Gasteiger partial charge in [-0.3, -0.25) is 14.4 Å². The molecule has 27 heavy (non-hydrogen) atoms. The minimum absolute atomic E-state index is 0.0671. The fraction of sp³-hybridized carbons (Fsp3) is 0.476. The number of carbonyl (C=O) groups excluding carboxylic acids is 2. The number of hydrogen-bond donors (Lipinski definition) is 1. The Labute approximate surface area is 157 Å². The highest BCUT2D eigenvalue weighted by molar-refractivity contribution is 6.06. The van der Waals surface area contributed by atoms with Gasteiger partial charge in [-0.25, -0.2) is 0 Å². The summed E-state index contributed by atoms with van der Waals surface area (Å²) < 4.78 is 0. The normalized spacial score (nSPS) is 27.6. The van der Waals surface area contributed by atoms with Crippen LogP contribution in [-0.4, -0.2) is 52.3 Å². The molecule has 3 saturated heterocycles. The van der Waals surface area contributed by atoms with Gasteiger partial charge >= 0.3 is 0 Å². The van der Waals surface area contributed by atoms with E-state index >= 15 is 0 Å². The first-order valence-corrected chi connectivity index (χ1v) is 9.81. The molecule has 6 heteroatoms. The van der Waals surface area contributed by atoms with Crippen LogP contribution in [0.4, 0.5) is 0 Å². The molecule has 1 N–H and O–H groups in total. The van der Waals surface area contributed by atoms with E-state index in [4.69, 9.17) is 0 Å². The van der Waals surface area contributed by atoms with Crippen molar-refractivity contribution in [2.24, 2.45) is 11.8 Å². The van der Waals surface area contributed by atoms with Crippen LogP contribution in [0.3, 0.4) is 0 Å². The topological polar surface area (TPSA) is 73.5 Å². The number of nitrogens with one attached hydrogen (secondary N) is 1. The number of carbonyl (C=O) groups is 2. The molecule has 5 rings (SSSR count). The third-order valence-electron chi connectivity index (χ3n) is 6.45. The van der Waals surface area contributed by atoms with Crippen LogP contribution in [0.5, 0.6) is 0 Å². The molecule has 3 aliphatic heterocycles. The van der Waals surface area contributed by atoms with E-state index in [9.17, 15) is 14.4 Å². The van der Waals surface area contributed by atoms with E-state index in [0.29, 0.717) is 42.4 Å². The van der Waals surface area contributed by atoms with Crippen LogP contribution in [0.15, 0.2) is 35.1 Å². The lowest BCUT2D eigenvalue weighted by molar-refractivity contribution is -0.144. The van der Waals surface area contributed by atoms with Gasteiger partial charge in [0, 0.05) is 49.1 Å². The molecule has 0 radical (unpaired) electrons. The summed E-state index contributed by atoms with van der Waals surface area (Å²) in [5.41, 5.74) is 0.916. The van der Waals surface area contributed by atoms with Crippen molar-refractivity contribution in [2.45, 2.75) is 31.7 Å². The standard InChI is InChI=1S/C21H23N3O3/c25-19-9-16(15-4-1-2-5-17(15)22-19)21(27)23-10-13-8-14(12-23)18-6-3-7-20(26)24(18)11-13/h1-2,4-5,9,13-14,18H,3,6-8,10-12H2,(H,22,25)/t13-,14+,18?/m1/s1. The Kier molecular flexibility index (Phi) is 3.81. The van der Waals surface area contributed by atoms with Crippen LogP contribution in [0.1, 0.15) is 36.0 Å². The smallest absolute Gasteiger partial charge is 0.254 e. The molecule has 2 aromatic rings. The molecular weight excluding hydrogens is 342 g/mol. The molecule has 0 saturated carbocycles. The zero-order chi connectivity index (χ0) is 18.5. The van der Waals surface area contributed by atoms with Gasteiger partial charge in [0.15, 0.2) is 0 Å². The Bertz CT molecular complexity index is 982. The van der Waals surface area contributed by atoms with E-state index in [1.807, 2.05) is 29.2 Å². The minimum Gasteiger partial charge on any atom is -0.339 e. The molecule has 3 aliphatic rings. The average Bonchev–Trinajstić information content (AvgIpc) is 2.67. The Balaban J connectivity index is 1.46. The fourth-order valence-corrected chi connectivity index (χ4v) is 5.33. The van der Waals surface area contributed by atoms with E-state index in [2.05, 4.69) is 9.88 Å². The number of hydrogen-bond acceptors (Lipinski definition) is 3. The lowest BCUT2D eigenvalue weighted by atomic mass is 9.76. The van der Waals surface area contributed by atoms with Gasteiger partial charge in [-0.05, 0) is 37.2 Å². The van der Waals surface area contributed by atoms with Gasteiger partial charge < -0.3 is 14.8 Å². The summed E-state index contributed by atoms with van der Waals surface area (Å²) in [6, 6.07) is 9.13. The lowest BCUT2D eigenvalue weighted by Crippen LogP contribution is -2.61. The van der Waals surface area contributed by atoms with Crippen LogP contribution in [0.2, 0.25) is 0 Å². The van der Waals surface area contributed by atoms with E-state index in [0.717, 1.165) is 31.2 Å². The number of likely N-dealkylation sites (tertiary alicyclic amines) is 1. The number of nitrogens with zero attached hydrogens (tertiary/aromatic N) is 2. The van der Waals surface area contributed by atoms with E-state index in [-0.39, 0.29) is 23.4 Å². The number of benzene rings is 1. The molecule has 4 heterocycles. The van der Waals surface area contributed by atoms with Crippen molar-refractivity contribution in [3.63, 3.8) is 0 Å². The largest absolute Gasteiger partial charge is 0.339 e. The molecule has 0 spiro atoms. The summed E-state index contributed by atoms with van der Waals surface area (Å²) >= 11 is 0. The van der Waals surface area contributed by atoms with Crippen molar-refractivity contribution >= 4 is 22.7 Å².